The summed E-state index contributed by atoms with van der Waals surface area (Å²) < 4.78 is 7.28. The molecule has 0 saturated heterocycles. The Kier molecular flexibility index (Phi) is 8.06. The van der Waals surface area contributed by atoms with Crippen LogP contribution in [-0.2, 0) is 18.3 Å². The first-order valence-corrected chi connectivity index (χ1v) is 9.46. The topological polar surface area (TPSA) is 45.0 Å². The zero-order valence-corrected chi connectivity index (χ0v) is 16.7. The minimum atomic E-state index is 0.733. The van der Waals surface area contributed by atoms with Gasteiger partial charge in [0.05, 0.1) is 24.7 Å². The molecule has 25 heavy (non-hydrogen) atoms. The summed E-state index contributed by atoms with van der Waals surface area (Å²) in [5, 5.41) is 4.15. The van der Waals surface area contributed by atoms with E-state index in [0.717, 1.165) is 62.0 Å². The zero-order valence-electron chi connectivity index (χ0n) is 16.0. The van der Waals surface area contributed by atoms with E-state index in [1.165, 1.54) is 12.8 Å². The van der Waals surface area contributed by atoms with Crippen molar-refractivity contribution in [1.29, 1.82) is 0 Å². The van der Waals surface area contributed by atoms with Gasteiger partial charge in [0.25, 0.3) is 0 Å². The van der Waals surface area contributed by atoms with Crippen LogP contribution in [0.15, 0.2) is 17.3 Å². The van der Waals surface area contributed by atoms with Crippen LogP contribution in [0.5, 0.6) is 0 Å². The standard InChI is InChI=1S/C18H32ClN5O/c1-5-20-18(23(3)14-17-12-15(19)13-22(17)2)21-8-9-24(10-11-25-4)16-6-7-16/h12-13,16H,5-11,14H2,1-4H3,(H,20,21). The molecular weight excluding hydrogens is 338 g/mol. The highest BCUT2D eigenvalue weighted by Crippen LogP contribution is 2.26. The third-order valence-electron chi connectivity index (χ3n) is 4.46. The number of aryl methyl sites for hydroxylation is 1. The lowest BCUT2D eigenvalue weighted by Gasteiger charge is -2.24. The molecule has 2 rings (SSSR count). The van der Waals surface area contributed by atoms with Gasteiger partial charge in [0, 0.05) is 58.8 Å². The molecule has 1 aliphatic rings. The van der Waals surface area contributed by atoms with Crippen molar-refractivity contribution in [2.75, 3.05) is 46.9 Å². The van der Waals surface area contributed by atoms with Crippen LogP contribution in [0, 0.1) is 0 Å². The summed E-state index contributed by atoms with van der Waals surface area (Å²) in [5.41, 5.74) is 1.16. The largest absolute Gasteiger partial charge is 0.383 e. The number of nitrogens with one attached hydrogen (secondary N) is 1. The number of guanidine groups is 1. The molecule has 1 heterocycles. The number of hydrogen-bond acceptors (Lipinski definition) is 3. The van der Waals surface area contributed by atoms with E-state index >= 15 is 0 Å². The normalized spacial score (nSPS) is 15.0. The Morgan fingerprint density at radius 2 is 2.20 bits per heavy atom. The van der Waals surface area contributed by atoms with E-state index < -0.39 is 0 Å². The van der Waals surface area contributed by atoms with Gasteiger partial charge in [0.1, 0.15) is 0 Å². The molecule has 0 bridgehead atoms. The molecule has 1 saturated carbocycles. The zero-order chi connectivity index (χ0) is 18.2. The lowest BCUT2D eigenvalue weighted by molar-refractivity contribution is 0.145. The van der Waals surface area contributed by atoms with Crippen molar-refractivity contribution in [3.8, 4) is 0 Å². The lowest BCUT2D eigenvalue weighted by atomic mass is 10.4. The van der Waals surface area contributed by atoms with E-state index in [1.54, 1.807) is 7.11 Å². The van der Waals surface area contributed by atoms with Crippen LogP contribution in [0.25, 0.3) is 0 Å². The second-order valence-electron chi connectivity index (χ2n) is 6.61. The van der Waals surface area contributed by atoms with Crippen LogP contribution in [0.1, 0.15) is 25.5 Å². The molecule has 0 unspecified atom stereocenters. The van der Waals surface area contributed by atoms with Crippen molar-refractivity contribution in [1.82, 2.24) is 19.7 Å². The van der Waals surface area contributed by atoms with Crippen molar-refractivity contribution in [3.05, 3.63) is 23.0 Å². The quantitative estimate of drug-likeness (QED) is 0.507. The number of halogens is 1. The molecule has 6 nitrogen and oxygen atoms in total. The summed E-state index contributed by atoms with van der Waals surface area (Å²) >= 11 is 6.08. The van der Waals surface area contributed by atoms with Gasteiger partial charge in [-0.3, -0.25) is 9.89 Å². The van der Waals surface area contributed by atoms with Gasteiger partial charge in [-0.25, -0.2) is 0 Å². The number of aromatic nitrogens is 1. The highest BCUT2D eigenvalue weighted by molar-refractivity contribution is 6.30. The second kappa shape index (κ2) is 10.0. The van der Waals surface area contributed by atoms with Crippen molar-refractivity contribution >= 4 is 17.6 Å². The van der Waals surface area contributed by atoms with Gasteiger partial charge in [0.2, 0.25) is 0 Å². The number of methoxy groups -OCH3 is 1. The number of aliphatic imine (C=N–C) groups is 1. The molecular formula is C18H32ClN5O. The monoisotopic (exact) mass is 369 g/mol. The number of nitrogens with zero attached hydrogens (tertiary/aromatic N) is 4. The minimum Gasteiger partial charge on any atom is -0.383 e. The molecule has 0 aliphatic heterocycles. The summed E-state index contributed by atoms with van der Waals surface area (Å²) in [7, 11) is 5.84. The average molecular weight is 370 g/mol. The highest BCUT2D eigenvalue weighted by Gasteiger charge is 2.28. The highest BCUT2D eigenvalue weighted by atomic mass is 35.5. The Morgan fingerprint density at radius 3 is 2.76 bits per heavy atom. The van der Waals surface area contributed by atoms with Crippen LogP contribution in [0.2, 0.25) is 5.02 Å². The smallest absolute Gasteiger partial charge is 0.194 e. The van der Waals surface area contributed by atoms with E-state index in [0.29, 0.717) is 0 Å². The lowest BCUT2D eigenvalue weighted by Crippen LogP contribution is -2.39. The van der Waals surface area contributed by atoms with E-state index in [9.17, 15) is 0 Å². The van der Waals surface area contributed by atoms with Crippen molar-refractivity contribution in [2.45, 2.75) is 32.4 Å². The predicted molar refractivity (Wildman–Crippen MR) is 104 cm³/mol. The van der Waals surface area contributed by atoms with Gasteiger partial charge in [0.15, 0.2) is 5.96 Å². The Labute approximate surface area is 156 Å². The van der Waals surface area contributed by atoms with Crippen LogP contribution in [0.3, 0.4) is 0 Å². The molecule has 1 aromatic heterocycles. The number of rotatable bonds is 10. The average Bonchev–Trinajstić information content (AvgIpc) is 3.36. The van der Waals surface area contributed by atoms with Crippen molar-refractivity contribution < 1.29 is 4.74 Å². The van der Waals surface area contributed by atoms with Gasteiger partial charge in [-0.15, -0.1) is 0 Å². The van der Waals surface area contributed by atoms with E-state index in [-0.39, 0.29) is 0 Å². The van der Waals surface area contributed by atoms with Gasteiger partial charge < -0.3 is 19.5 Å². The minimum absolute atomic E-state index is 0.733. The molecule has 1 aromatic rings. The fourth-order valence-corrected chi connectivity index (χ4v) is 3.19. The van der Waals surface area contributed by atoms with Crippen LogP contribution < -0.4 is 5.32 Å². The summed E-state index contributed by atoms with van der Waals surface area (Å²) in [6.45, 7) is 7.27. The Bertz CT molecular complexity index is 556. The molecule has 0 amide bonds. The van der Waals surface area contributed by atoms with Gasteiger partial charge in [-0.2, -0.15) is 0 Å². The SMILES string of the molecule is CCNC(=NCCN(CCOC)C1CC1)N(C)Cc1cc(Cl)cn1C. The molecule has 1 fully saturated rings. The first-order valence-electron chi connectivity index (χ1n) is 9.08. The van der Waals surface area contributed by atoms with E-state index in [4.69, 9.17) is 21.3 Å². The van der Waals surface area contributed by atoms with Gasteiger partial charge >= 0.3 is 0 Å². The van der Waals surface area contributed by atoms with Crippen LogP contribution >= 0.6 is 11.6 Å². The fraction of sp³-hybridized carbons (Fsp3) is 0.722. The van der Waals surface area contributed by atoms with Crippen LogP contribution in [0.4, 0.5) is 0 Å². The first-order chi connectivity index (χ1) is 12.0. The molecule has 0 atom stereocenters. The summed E-state index contributed by atoms with van der Waals surface area (Å²) in [6, 6.07) is 2.73. The van der Waals surface area contributed by atoms with Crippen molar-refractivity contribution in [3.63, 3.8) is 0 Å². The summed E-state index contributed by atoms with van der Waals surface area (Å²) in [5.74, 6) is 0.933. The van der Waals surface area contributed by atoms with Crippen LogP contribution in [-0.4, -0.2) is 73.3 Å². The van der Waals surface area contributed by atoms with Gasteiger partial charge in [-0.05, 0) is 25.8 Å². The second-order valence-corrected chi connectivity index (χ2v) is 7.05. The Balaban J connectivity index is 1.90. The molecule has 0 spiro atoms. The maximum atomic E-state index is 6.08. The maximum Gasteiger partial charge on any atom is 0.194 e. The molecule has 142 valence electrons. The number of hydrogen-bond donors (Lipinski definition) is 1. The third-order valence-corrected chi connectivity index (χ3v) is 4.67. The maximum absolute atomic E-state index is 6.08. The van der Waals surface area contributed by atoms with E-state index in [2.05, 4.69) is 33.7 Å². The molecule has 1 aliphatic carbocycles. The molecule has 1 N–H and O–H groups in total. The summed E-state index contributed by atoms with van der Waals surface area (Å²) in [4.78, 5) is 9.45. The molecule has 0 radical (unpaired) electrons. The summed E-state index contributed by atoms with van der Waals surface area (Å²) in [6.07, 6.45) is 4.54. The Hall–Kier alpha value is -1.24. The fourth-order valence-electron chi connectivity index (χ4n) is 2.92. The van der Waals surface area contributed by atoms with E-state index in [1.807, 2.05) is 19.3 Å². The van der Waals surface area contributed by atoms with Crippen molar-refractivity contribution in [2.24, 2.45) is 12.0 Å². The first kappa shape index (κ1) is 20.1. The Morgan fingerprint density at radius 1 is 1.44 bits per heavy atom. The molecule has 0 aromatic carbocycles. The third kappa shape index (κ3) is 6.53. The molecule has 7 heteroatoms. The predicted octanol–water partition coefficient (Wildman–Crippen LogP) is 2.19. The van der Waals surface area contributed by atoms with Gasteiger partial charge in [-0.1, -0.05) is 11.6 Å². The number of ether oxygens (including phenoxy) is 1.